The summed E-state index contributed by atoms with van der Waals surface area (Å²) in [4.78, 5) is 12.1. The molecule has 0 N–H and O–H groups in total. The highest BCUT2D eigenvalue weighted by Gasteiger charge is 2.16. The second kappa shape index (κ2) is 7.35. The Bertz CT molecular complexity index is 910. The molecule has 3 rings (SSSR count). The highest BCUT2D eigenvalue weighted by molar-refractivity contribution is 5.92. The number of hydrogen-bond donors (Lipinski definition) is 0. The first-order valence-corrected chi connectivity index (χ1v) is 7.21. The zero-order chi connectivity index (χ0) is 17.6. The molecular formula is C17H13FN4O3. The first-order valence-electron chi connectivity index (χ1n) is 7.21. The topological polar surface area (TPSA) is 78.6 Å². The van der Waals surface area contributed by atoms with E-state index in [4.69, 9.17) is 9.47 Å². The van der Waals surface area contributed by atoms with Crippen molar-refractivity contribution in [2.75, 3.05) is 7.11 Å². The average Bonchev–Trinajstić information content (AvgIpc) is 3.14. The molecular weight excluding hydrogens is 327 g/mol. The number of nitrogens with zero attached hydrogens (tertiary/aromatic N) is 4. The van der Waals surface area contributed by atoms with Crippen LogP contribution >= 0.6 is 0 Å². The predicted octanol–water partition coefficient (Wildman–Crippen LogP) is 2.53. The van der Waals surface area contributed by atoms with Gasteiger partial charge in [0.1, 0.15) is 18.5 Å². The van der Waals surface area contributed by atoms with Crippen molar-refractivity contribution in [2.24, 2.45) is 5.10 Å². The van der Waals surface area contributed by atoms with Crippen LogP contribution < -0.4 is 9.47 Å². The lowest BCUT2D eigenvalue weighted by Crippen LogP contribution is -2.11. The summed E-state index contributed by atoms with van der Waals surface area (Å²) in [5.74, 6) is -0.957. The smallest absolute Gasteiger partial charge is 0.346 e. The van der Waals surface area contributed by atoms with Crippen LogP contribution in [0, 0.1) is 5.82 Å². The average molecular weight is 340 g/mol. The van der Waals surface area contributed by atoms with Gasteiger partial charge < -0.3 is 9.47 Å². The lowest BCUT2D eigenvalue weighted by molar-refractivity contribution is 0.0725. The summed E-state index contributed by atoms with van der Waals surface area (Å²) in [5.41, 5.74) is 0.555. The van der Waals surface area contributed by atoms with Gasteiger partial charge in [-0.1, -0.05) is 12.1 Å². The Morgan fingerprint density at radius 2 is 1.92 bits per heavy atom. The van der Waals surface area contributed by atoms with E-state index >= 15 is 0 Å². The van der Waals surface area contributed by atoms with Gasteiger partial charge in [0.05, 0.1) is 18.9 Å². The highest BCUT2D eigenvalue weighted by atomic mass is 19.1. The third kappa shape index (κ3) is 3.86. The van der Waals surface area contributed by atoms with Crippen molar-refractivity contribution < 1.29 is 18.7 Å². The third-order valence-electron chi connectivity index (χ3n) is 3.23. The third-order valence-corrected chi connectivity index (χ3v) is 3.23. The molecule has 0 atom stereocenters. The molecule has 1 heterocycles. The number of carbonyl (C=O) groups excluding carboxylic acids is 1. The number of benzene rings is 2. The molecule has 2 aromatic carbocycles. The lowest BCUT2D eigenvalue weighted by atomic mass is 10.2. The molecule has 0 aliphatic carbocycles. The Hall–Kier alpha value is -3.55. The molecule has 25 heavy (non-hydrogen) atoms. The summed E-state index contributed by atoms with van der Waals surface area (Å²) < 4.78 is 25.6. The molecule has 0 saturated carbocycles. The molecule has 0 aliphatic rings. The van der Waals surface area contributed by atoms with E-state index in [-0.39, 0.29) is 11.3 Å². The van der Waals surface area contributed by atoms with Gasteiger partial charge >= 0.3 is 5.97 Å². The van der Waals surface area contributed by atoms with Crippen molar-refractivity contribution in [3.63, 3.8) is 0 Å². The number of esters is 1. The largest absolute Gasteiger partial charge is 0.493 e. The first-order chi connectivity index (χ1) is 12.2. The molecule has 126 valence electrons. The maximum absolute atomic E-state index is 13.7. The maximum Gasteiger partial charge on any atom is 0.346 e. The lowest BCUT2D eigenvalue weighted by Gasteiger charge is -2.10. The van der Waals surface area contributed by atoms with Gasteiger partial charge in [-0.2, -0.15) is 5.10 Å². The van der Waals surface area contributed by atoms with E-state index in [0.717, 1.165) is 0 Å². The Morgan fingerprint density at radius 1 is 1.16 bits per heavy atom. The summed E-state index contributed by atoms with van der Waals surface area (Å²) in [7, 11) is 1.44. The molecule has 7 nitrogen and oxygen atoms in total. The van der Waals surface area contributed by atoms with Crippen molar-refractivity contribution in [3.05, 3.63) is 72.1 Å². The summed E-state index contributed by atoms with van der Waals surface area (Å²) in [6.07, 6.45) is 4.45. The van der Waals surface area contributed by atoms with Gasteiger partial charge in [0.15, 0.2) is 11.5 Å². The number of ether oxygens (including phenoxy) is 2. The molecule has 0 fully saturated rings. The highest BCUT2D eigenvalue weighted by Crippen LogP contribution is 2.28. The minimum atomic E-state index is -0.803. The van der Waals surface area contributed by atoms with Gasteiger partial charge in [-0.15, -0.1) is 10.2 Å². The van der Waals surface area contributed by atoms with Crippen molar-refractivity contribution in [1.29, 1.82) is 0 Å². The number of carbonyl (C=O) groups is 1. The van der Waals surface area contributed by atoms with E-state index in [1.807, 2.05) is 0 Å². The van der Waals surface area contributed by atoms with Gasteiger partial charge in [0, 0.05) is 0 Å². The molecule has 0 spiro atoms. The Kier molecular flexibility index (Phi) is 4.79. The molecule has 3 aromatic rings. The molecule has 0 unspecified atom stereocenters. The van der Waals surface area contributed by atoms with Crippen LogP contribution in [0.2, 0.25) is 0 Å². The van der Waals surface area contributed by atoms with E-state index in [0.29, 0.717) is 11.3 Å². The standard InChI is InChI=1S/C17H13FN4O3/c1-24-16-8-12(9-21-22-10-19-20-11-22)6-7-15(16)25-17(23)13-4-2-3-5-14(13)18/h2-11H,1H3/b21-9-. The molecule has 0 radical (unpaired) electrons. The monoisotopic (exact) mass is 340 g/mol. The predicted molar refractivity (Wildman–Crippen MR) is 87.4 cm³/mol. The van der Waals surface area contributed by atoms with Gasteiger partial charge in [-0.05, 0) is 35.9 Å². The minimum Gasteiger partial charge on any atom is -0.493 e. The number of aromatic nitrogens is 3. The number of rotatable bonds is 5. The zero-order valence-electron chi connectivity index (χ0n) is 13.2. The van der Waals surface area contributed by atoms with Crippen LogP contribution in [0.1, 0.15) is 15.9 Å². The fraction of sp³-hybridized carbons (Fsp3) is 0.0588. The summed E-state index contributed by atoms with van der Waals surface area (Å²) in [6, 6.07) is 10.5. The maximum atomic E-state index is 13.7. The molecule has 0 saturated heterocycles. The molecule has 0 bridgehead atoms. The second-order valence-electron chi connectivity index (χ2n) is 4.87. The van der Waals surface area contributed by atoms with E-state index < -0.39 is 11.8 Å². The Labute approximate surface area is 142 Å². The van der Waals surface area contributed by atoms with E-state index in [2.05, 4.69) is 15.3 Å². The van der Waals surface area contributed by atoms with Gasteiger partial charge in [-0.3, -0.25) is 0 Å². The first kappa shape index (κ1) is 16.3. The van der Waals surface area contributed by atoms with Crippen molar-refractivity contribution >= 4 is 12.2 Å². The zero-order valence-corrected chi connectivity index (χ0v) is 13.2. The van der Waals surface area contributed by atoms with Crippen LogP contribution in [0.3, 0.4) is 0 Å². The van der Waals surface area contributed by atoms with Crippen LogP contribution in [0.5, 0.6) is 11.5 Å². The van der Waals surface area contributed by atoms with Crippen molar-refractivity contribution in [2.45, 2.75) is 0 Å². The van der Waals surface area contributed by atoms with Crippen LogP contribution in [-0.2, 0) is 0 Å². The summed E-state index contributed by atoms with van der Waals surface area (Å²) >= 11 is 0. The van der Waals surface area contributed by atoms with Crippen LogP contribution in [0.4, 0.5) is 4.39 Å². The van der Waals surface area contributed by atoms with Crippen molar-refractivity contribution in [1.82, 2.24) is 14.9 Å². The quantitative estimate of drug-likeness (QED) is 0.405. The van der Waals surface area contributed by atoms with E-state index in [1.54, 1.807) is 30.5 Å². The minimum absolute atomic E-state index is 0.150. The van der Waals surface area contributed by atoms with E-state index in [9.17, 15) is 9.18 Å². The summed E-state index contributed by atoms with van der Waals surface area (Å²) in [5, 5.41) is 11.4. The molecule has 0 aliphatic heterocycles. The molecule has 1 aromatic heterocycles. The van der Waals surface area contributed by atoms with Gasteiger partial charge in [0.2, 0.25) is 0 Å². The normalized spacial score (nSPS) is 10.8. The fourth-order valence-electron chi connectivity index (χ4n) is 2.02. The van der Waals surface area contributed by atoms with E-state index in [1.165, 1.54) is 42.6 Å². The second-order valence-corrected chi connectivity index (χ2v) is 4.87. The van der Waals surface area contributed by atoms with Crippen LogP contribution in [0.25, 0.3) is 0 Å². The SMILES string of the molecule is COc1cc(/C=N\n2cnnc2)ccc1OC(=O)c1ccccc1F. The summed E-state index contributed by atoms with van der Waals surface area (Å²) in [6.45, 7) is 0. The Morgan fingerprint density at radius 3 is 2.64 bits per heavy atom. The fourth-order valence-corrected chi connectivity index (χ4v) is 2.02. The van der Waals surface area contributed by atoms with Gasteiger partial charge in [-0.25, -0.2) is 13.9 Å². The number of methoxy groups -OCH3 is 1. The number of halogens is 1. The molecule has 8 heteroatoms. The molecule has 0 amide bonds. The van der Waals surface area contributed by atoms with Crippen LogP contribution in [0.15, 0.2) is 60.2 Å². The number of hydrogen-bond acceptors (Lipinski definition) is 6. The Balaban J connectivity index is 1.80. The van der Waals surface area contributed by atoms with Crippen LogP contribution in [-0.4, -0.2) is 34.2 Å². The van der Waals surface area contributed by atoms with Crippen molar-refractivity contribution in [3.8, 4) is 11.5 Å². The van der Waals surface area contributed by atoms with Gasteiger partial charge in [0.25, 0.3) is 0 Å².